The lowest BCUT2D eigenvalue weighted by Gasteiger charge is -2.19. The Labute approximate surface area is 178 Å². The molecule has 2 N–H and O–H groups in total. The van der Waals surface area contributed by atoms with Gasteiger partial charge in [-0.05, 0) is 25.0 Å². The number of carbonyl (C=O) groups excluding carboxylic acids is 2. The Morgan fingerprint density at radius 2 is 1.97 bits per heavy atom. The Morgan fingerprint density at radius 3 is 2.53 bits per heavy atom. The predicted molar refractivity (Wildman–Crippen MR) is 115 cm³/mol. The number of nitrogens with one attached hydrogen (secondary N) is 2. The molecule has 1 aromatic heterocycles. The highest BCUT2D eigenvalue weighted by Gasteiger charge is 2.25. The number of aryl methyl sites for hydroxylation is 1. The number of sulfone groups is 1. The lowest BCUT2D eigenvalue weighted by molar-refractivity contribution is -0.129. The first-order valence-electron chi connectivity index (χ1n) is 9.17. The number of rotatable bonds is 7. The van der Waals surface area contributed by atoms with Crippen LogP contribution in [0.4, 0.5) is 14.3 Å². The minimum Gasteiger partial charge on any atom is -0.344 e. The third kappa shape index (κ3) is 6.23. The van der Waals surface area contributed by atoms with E-state index in [2.05, 4.69) is 15.6 Å². The number of thiazole rings is 1. The lowest BCUT2D eigenvalue weighted by Crippen LogP contribution is -2.41. The molecule has 0 radical (unpaired) electrons. The topological polar surface area (TPSA) is 108 Å². The molecule has 1 atom stereocenters. The van der Waals surface area contributed by atoms with E-state index in [1.807, 2.05) is 13.8 Å². The van der Waals surface area contributed by atoms with Gasteiger partial charge in [0, 0.05) is 25.9 Å². The molecule has 164 valence electrons. The minimum absolute atomic E-state index is 0.166. The summed E-state index contributed by atoms with van der Waals surface area (Å²) in [6.07, 6.45) is 0.936. The lowest BCUT2D eigenvalue weighted by atomic mass is 10.2. The van der Waals surface area contributed by atoms with E-state index in [0.717, 1.165) is 12.3 Å². The van der Waals surface area contributed by atoms with Gasteiger partial charge < -0.3 is 10.2 Å². The summed E-state index contributed by atoms with van der Waals surface area (Å²) in [6, 6.07) is 3.23. The van der Waals surface area contributed by atoms with Gasteiger partial charge in [0.2, 0.25) is 5.91 Å². The first-order valence-corrected chi connectivity index (χ1v) is 12.3. The summed E-state index contributed by atoms with van der Waals surface area (Å²) >= 11 is 0. The predicted octanol–water partition coefficient (Wildman–Crippen LogP) is 2.91. The fraction of sp³-hybridized carbons (Fsp3) is 0.421. The number of nitrogens with zero attached hydrogens (tertiary/aromatic N) is 2. The normalized spacial score (nSPS) is 12.0. The Kier molecular flexibility index (Phi) is 7.54. The van der Waals surface area contributed by atoms with Crippen LogP contribution in [0.3, 0.4) is 0 Å². The zero-order valence-corrected chi connectivity index (χ0v) is 19.2. The van der Waals surface area contributed by atoms with Gasteiger partial charge in [0.05, 0.1) is 22.7 Å². The van der Waals surface area contributed by atoms with Crippen LogP contribution in [0, 0.1) is 18.7 Å². The van der Waals surface area contributed by atoms with Gasteiger partial charge in [-0.2, -0.15) is 4.98 Å². The van der Waals surface area contributed by atoms with Crippen LogP contribution < -0.4 is 10.6 Å². The minimum atomic E-state index is -3.68. The number of hydrogen-bond acceptors (Lipinski definition) is 5. The van der Waals surface area contributed by atoms with Crippen LogP contribution in [0.1, 0.15) is 19.5 Å². The van der Waals surface area contributed by atoms with Crippen molar-refractivity contribution in [3.8, 4) is 4.90 Å². The first kappa shape index (κ1) is 23.7. The fourth-order valence-corrected chi connectivity index (χ4v) is 5.21. The van der Waals surface area contributed by atoms with E-state index in [-0.39, 0.29) is 17.3 Å². The molecule has 0 saturated heterocycles. The van der Waals surface area contributed by atoms with E-state index in [4.69, 9.17) is 0 Å². The van der Waals surface area contributed by atoms with Gasteiger partial charge in [-0.25, -0.2) is 22.9 Å². The van der Waals surface area contributed by atoms with Gasteiger partial charge >= 0.3 is 11.2 Å². The van der Waals surface area contributed by atoms with Crippen LogP contribution in [-0.4, -0.2) is 56.6 Å². The molecule has 0 saturated carbocycles. The number of likely N-dealkylation sites (N-methyl/N-ethyl adjacent to an activating group) is 1. The molecular formula is C19H26FN4O4S2+. The van der Waals surface area contributed by atoms with Crippen molar-refractivity contribution in [1.82, 2.24) is 15.2 Å². The molecule has 11 heteroatoms. The average Bonchev–Trinajstić information content (AvgIpc) is 2.98. The second kappa shape index (κ2) is 9.52. The highest BCUT2D eigenvalue weighted by atomic mass is 32.2. The fourth-order valence-electron chi connectivity index (χ4n) is 2.73. The van der Waals surface area contributed by atoms with E-state index >= 15 is 0 Å². The second-order valence-electron chi connectivity index (χ2n) is 7.35. The highest BCUT2D eigenvalue weighted by Crippen LogP contribution is 2.39. The van der Waals surface area contributed by atoms with E-state index in [9.17, 15) is 22.4 Å². The molecule has 30 heavy (non-hydrogen) atoms. The molecule has 0 aliphatic carbocycles. The van der Waals surface area contributed by atoms with E-state index in [1.54, 1.807) is 24.3 Å². The Bertz CT molecular complexity index is 1050. The number of hydrogen-bond donors (Lipinski definition) is 2. The number of carbonyl (C=O) groups is 2. The quantitative estimate of drug-likeness (QED) is 0.622. The number of aromatic nitrogens is 1. The Balaban J connectivity index is 2.13. The third-order valence-corrected chi connectivity index (χ3v) is 7.10. The molecule has 0 spiro atoms. The molecule has 1 heterocycles. The largest absolute Gasteiger partial charge is 0.353 e. The van der Waals surface area contributed by atoms with Crippen LogP contribution in [0.15, 0.2) is 28.5 Å². The van der Waals surface area contributed by atoms with Crippen LogP contribution in [0.25, 0.3) is 4.90 Å². The monoisotopic (exact) mass is 457 g/mol. The summed E-state index contributed by atoms with van der Waals surface area (Å²) in [4.78, 5) is 30.2. The second-order valence-corrected chi connectivity index (χ2v) is 11.1. The van der Waals surface area contributed by atoms with Crippen molar-refractivity contribution < 1.29 is 22.4 Å². The van der Waals surface area contributed by atoms with Gasteiger partial charge in [-0.1, -0.05) is 13.8 Å². The molecule has 8 nitrogen and oxygen atoms in total. The molecule has 0 aliphatic heterocycles. The molecule has 0 bridgehead atoms. The number of amides is 3. The molecule has 0 aliphatic rings. The van der Waals surface area contributed by atoms with E-state index < -0.39 is 32.2 Å². The molecule has 2 rings (SSSR count). The molecule has 1 aromatic carbocycles. The van der Waals surface area contributed by atoms with Crippen molar-refractivity contribution >= 4 is 37.4 Å². The van der Waals surface area contributed by atoms with Crippen molar-refractivity contribution in [2.75, 3.05) is 31.7 Å². The van der Waals surface area contributed by atoms with E-state index in [0.29, 0.717) is 28.2 Å². The molecule has 0 fully saturated rings. The van der Waals surface area contributed by atoms with Gasteiger partial charge in [0.15, 0.2) is 20.1 Å². The van der Waals surface area contributed by atoms with E-state index in [1.165, 1.54) is 12.1 Å². The first-order chi connectivity index (χ1) is 13.9. The van der Waals surface area contributed by atoms with Crippen molar-refractivity contribution in [2.24, 2.45) is 5.92 Å². The highest BCUT2D eigenvalue weighted by molar-refractivity contribution is 7.90. The maximum Gasteiger partial charge on any atom is 0.353 e. The standard InChI is InChI=1S/C19H25FN4O4S2/c1-12(2)10-24(4)17(25)9-21-18(26)23-19-22-13(3)11-29(19)14-6-7-16(15(20)8-14)30(5,27)28/h6-8,11-12H,9-10H2,1-5H3,(H-,21,22,23,26)/p+1. The van der Waals surface area contributed by atoms with Gasteiger partial charge in [-0.3, -0.25) is 4.79 Å². The average molecular weight is 458 g/mol. The van der Waals surface area contributed by atoms with Crippen LogP contribution in [-0.2, 0) is 14.6 Å². The van der Waals surface area contributed by atoms with Gasteiger partial charge in [0.25, 0.3) is 0 Å². The van der Waals surface area contributed by atoms with Crippen LogP contribution in [0.2, 0.25) is 0 Å². The summed E-state index contributed by atoms with van der Waals surface area (Å²) in [7, 11) is -2.88. The van der Waals surface area contributed by atoms with Crippen molar-refractivity contribution in [1.29, 1.82) is 0 Å². The summed E-state index contributed by atoms with van der Waals surface area (Å²) in [6.45, 7) is 6.13. The number of anilines is 1. The summed E-state index contributed by atoms with van der Waals surface area (Å²) < 4.78 is 37.5. The Morgan fingerprint density at radius 1 is 1.30 bits per heavy atom. The smallest absolute Gasteiger partial charge is 0.344 e. The van der Waals surface area contributed by atoms with Crippen LogP contribution >= 0.6 is 10.5 Å². The summed E-state index contributed by atoms with van der Waals surface area (Å²) in [5.41, 5.74) is 0.633. The number of urea groups is 1. The van der Waals surface area contributed by atoms with Crippen molar-refractivity contribution in [3.63, 3.8) is 0 Å². The SMILES string of the molecule is Cc1c[s+](-c2ccc(S(C)(=O)=O)c(F)c2)c(NC(=O)NCC(=O)N(C)CC(C)C)n1. The zero-order chi connectivity index (χ0) is 22.6. The third-order valence-electron chi connectivity index (χ3n) is 4.02. The molecule has 2 aromatic rings. The zero-order valence-electron chi connectivity index (χ0n) is 17.5. The molecule has 1 unspecified atom stereocenters. The number of halogens is 1. The maximum atomic E-state index is 14.3. The van der Waals surface area contributed by atoms with Crippen LogP contribution in [0.5, 0.6) is 0 Å². The van der Waals surface area contributed by atoms with Gasteiger partial charge in [0.1, 0.15) is 10.7 Å². The van der Waals surface area contributed by atoms with Gasteiger partial charge in [-0.15, -0.1) is 0 Å². The maximum absolute atomic E-state index is 14.3. The molecular weight excluding hydrogens is 431 g/mol. The summed E-state index contributed by atoms with van der Waals surface area (Å²) in [5, 5.41) is 7.15. The number of benzene rings is 1. The summed E-state index contributed by atoms with van der Waals surface area (Å²) in [5.74, 6) is -0.770. The van der Waals surface area contributed by atoms with Crippen molar-refractivity contribution in [3.05, 3.63) is 35.1 Å². The Hall–Kier alpha value is -2.53. The molecule has 3 amide bonds. The van der Waals surface area contributed by atoms with Crippen molar-refractivity contribution in [2.45, 2.75) is 25.7 Å².